The van der Waals surface area contributed by atoms with E-state index in [1.807, 2.05) is 4.90 Å². The maximum atomic E-state index is 14.3. The summed E-state index contributed by atoms with van der Waals surface area (Å²) in [6, 6.07) is 14.9. The molecule has 5 rings (SSSR count). The number of hydrogen-bond donors (Lipinski definition) is 2. The van der Waals surface area contributed by atoms with Crippen molar-refractivity contribution in [2.45, 2.75) is 19.5 Å². The van der Waals surface area contributed by atoms with Gasteiger partial charge in [-0.1, -0.05) is 18.2 Å². The molecule has 3 aromatic carbocycles. The number of carboxylic acids is 1. The molecule has 0 bridgehead atoms. The lowest BCUT2D eigenvalue weighted by molar-refractivity contribution is 0.0698. The van der Waals surface area contributed by atoms with Crippen molar-refractivity contribution in [3.05, 3.63) is 105 Å². The Bertz CT molecular complexity index is 1480. The zero-order valence-electron chi connectivity index (χ0n) is 18.0. The maximum Gasteiger partial charge on any atom is 0.337 e. The summed E-state index contributed by atoms with van der Waals surface area (Å²) in [5.74, 6) is -1.61. The van der Waals surface area contributed by atoms with E-state index in [0.29, 0.717) is 43.2 Å². The Balaban J connectivity index is 1.44. The Morgan fingerprint density at radius 2 is 1.79 bits per heavy atom. The summed E-state index contributed by atoms with van der Waals surface area (Å²) in [4.78, 5) is 26.1. The summed E-state index contributed by atoms with van der Waals surface area (Å²) in [6.07, 6.45) is 0.292. The lowest BCUT2D eigenvalue weighted by Gasteiger charge is -2.17. The fourth-order valence-corrected chi connectivity index (χ4v) is 4.29. The Morgan fingerprint density at radius 3 is 2.62 bits per heavy atom. The van der Waals surface area contributed by atoms with Crippen LogP contribution in [0.15, 0.2) is 69.9 Å². The quantitative estimate of drug-likeness (QED) is 0.422. The van der Waals surface area contributed by atoms with Crippen LogP contribution in [-0.2, 0) is 19.5 Å². The Morgan fingerprint density at radius 1 is 1.00 bits per heavy atom. The van der Waals surface area contributed by atoms with Crippen molar-refractivity contribution in [3.63, 3.8) is 0 Å². The molecule has 0 radical (unpaired) electrons. The smallest absolute Gasteiger partial charge is 0.337 e. The third-order valence-corrected chi connectivity index (χ3v) is 5.93. The highest BCUT2D eigenvalue weighted by Gasteiger charge is 2.23. The van der Waals surface area contributed by atoms with E-state index in [4.69, 9.17) is 4.42 Å². The Hall–Kier alpha value is -4.20. The van der Waals surface area contributed by atoms with Crippen LogP contribution in [0.3, 0.4) is 0 Å². The number of nitrogens with zero attached hydrogens (tertiary/aromatic N) is 1. The highest BCUT2D eigenvalue weighted by Crippen LogP contribution is 2.31. The van der Waals surface area contributed by atoms with Crippen LogP contribution in [0.4, 0.5) is 20.4 Å². The number of anilines is 2. The van der Waals surface area contributed by atoms with Gasteiger partial charge in [-0.2, -0.15) is 0 Å². The van der Waals surface area contributed by atoms with E-state index in [1.165, 1.54) is 30.3 Å². The maximum absolute atomic E-state index is 14.3. The predicted molar refractivity (Wildman–Crippen MR) is 124 cm³/mol. The second-order valence-electron chi connectivity index (χ2n) is 8.19. The van der Waals surface area contributed by atoms with Gasteiger partial charge >= 0.3 is 5.97 Å². The minimum atomic E-state index is -1.05. The van der Waals surface area contributed by atoms with Crippen molar-refractivity contribution in [2.75, 3.05) is 16.8 Å². The number of carbonyl (C=O) groups is 1. The van der Waals surface area contributed by atoms with Crippen molar-refractivity contribution in [3.8, 4) is 0 Å². The van der Waals surface area contributed by atoms with E-state index in [0.717, 1.165) is 17.2 Å². The molecule has 8 heteroatoms. The van der Waals surface area contributed by atoms with Gasteiger partial charge in [-0.15, -0.1) is 0 Å². The molecule has 0 fully saturated rings. The molecule has 0 aliphatic carbocycles. The van der Waals surface area contributed by atoms with E-state index < -0.39 is 11.8 Å². The molecule has 0 atom stereocenters. The number of carboxylic acid groups (broad SMARTS) is 1. The van der Waals surface area contributed by atoms with Crippen LogP contribution in [0.5, 0.6) is 0 Å². The average Bonchev–Trinajstić information content (AvgIpc) is 3.23. The minimum absolute atomic E-state index is 0.130. The minimum Gasteiger partial charge on any atom is -0.478 e. The summed E-state index contributed by atoms with van der Waals surface area (Å²) < 4.78 is 34.0. The van der Waals surface area contributed by atoms with Gasteiger partial charge in [0.2, 0.25) is 5.88 Å². The summed E-state index contributed by atoms with van der Waals surface area (Å²) in [5.41, 5.74) is 2.73. The first kappa shape index (κ1) is 21.6. The molecule has 2 N–H and O–H groups in total. The molecule has 1 aliphatic rings. The van der Waals surface area contributed by atoms with Gasteiger partial charge in [-0.25, -0.2) is 13.6 Å². The summed E-state index contributed by atoms with van der Waals surface area (Å²) in [5, 5.41) is 12.5. The molecule has 34 heavy (non-hydrogen) atoms. The van der Waals surface area contributed by atoms with Crippen LogP contribution in [-0.4, -0.2) is 17.6 Å². The molecule has 0 saturated heterocycles. The summed E-state index contributed by atoms with van der Waals surface area (Å²) >= 11 is 0. The molecule has 0 saturated carbocycles. The highest BCUT2D eigenvalue weighted by atomic mass is 19.1. The molecular formula is C26H20F2N2O4. The number of nitrogens with one attached hydrogen (secondary N) is 1. The monoisotopic (exact) mass is 462 g/mol. The van der Waals surface area contributed by atoms with E-state index >= 15 is 0 Å². The second kappa shape index (κ2) is 8.62. The van der Waals surface area contributed by atoms with Crippen LogP contribution in [0, 0.1) is 11.6 Å². The standard InChI is InChI=1S/C26H20F2N2O4/c27-18-6-5-16-13-30(14-17(16)10-18)24-12-23(31)21-11-19(28)9-15(25(21)34-24)7-8-29-22-4-2-1-3-20(22)26(32)33/h1-6,9-12,29H,7-8,13-14H2,(H,32,33). The third-order valence-electron chi connectivity index (χ3n) is 5.93. The number of rotatable bonds is 6. The topological polar surface area (TPSA) is 82.8 Å². The summed E-state index contributed by atoms with van der Waals surface area (Å²) in [7, 11) is 0. The lowest BCUT2D eigenvalue weighted by Crippen LogP contribution is -2.17. The van der Waals surface area contributed by atoms with Crippen LogP contribution >= 0.6 is 0 Å². The van der Waals surface area contributed by atoms with Crippen molar-refractivity contribution >= 4 is 28.5 Å². The van der Waals surface area contributed by atoms with Gasteiger partial charge in [0.15, 0.2) is 5.43 Å². The van der Waals surface area contributed by atoms with Crippen LogP contribution in [0.25, 0.3) is 11.0 Å². The molecule has 0 unspecified atom stereocenters. The lowest BCUT2D eigenvalue weighted by atomic mass is 10.1. The van der Waals surface area contributed by atoms with E-state index in [-0.39, 0.29) is 27.8 Å². The zero-order valence-corrected chi connectivity index (χ0v) is 18.0. The number of fused-ring (bicyclic) bond motifs is 2. The fourth-order valence-electron chi connectivity index (χ4n) is 4.29. The van der Waals surface area contributed by atoms with E-state index in [2.05, 4.69) is 5.32 Å². The third kappa shape index (κ3) is 4.10. The van der Waals surface area contributed by atoms with Gasteiger partial charge in [0.05, 0.1) is 10.9 Å². The van der Waals surface area contributed by atoms with Crippen LogP contribution < -0.4 is 15.6 Å². The van der Waals surface area contributed by atoms with Gasteiger partial charge in [0, 0.05) is 37.0 Å². The van der Waals surface area contributed by atoms with Crippen LogP contribution in [0.1, 0.15) is 27.0 Å². The predicted octanol–water partition coefficient (Wildman–Crippen LogP) is 4.94. The van der Waals surface area contributed by atoms with E-state index in [9.17, 15) is 23.5 Å². The fraction of sp³-hybridized carbons (Fsp3) is 0.154. The van der Waals surface area contributed by atoms with Gasteiger partial charge in [0.25, 0.3) is 0 Å². The second-order valence-corrected chi connectivity index (χ2v) is 8.19. The number of aromatic carboxylic acids is 1. The van der Waals surface area contributed by atoms with Gasteiger partial charge in [-0.3, -0.25) is 4.79 Å². The zero-order chi connectivity index (χ0) is 23.8. The van der Waals surface area contributed by atoms with Gasteiger partial charge in [0.1, 0.15) is 17.2 Å². The molecular weight excluding hydrogens is 442 g/mol. The Labute approximate surface area is 193 Å². The van der Waals surface area contributed by atoms with Crippen LogP contribution in [0.2, 0.25) is 0 Å². The Kier molecular flexibility index (Phi) is 5.49. The van der Waals surface area contributed by atoms with Gasteiger partial charge in [-0.05, 0) is 53.9 Å². The number of halogens is 2. The number of para-hydroxylation sites is 1. The molecule has 2 heterocycles. The highest BCUT2D eigenvalue weighted by molar-refractivity contribution is 5.94. The van der Waals surface area contributed by atoms with Crippen molar-refractivity contribution in [1.82, 2.24) is 0 Å². The number of hydrogen-bond acceptors (Lipinski definition) is 5. The first-order valence-electron chi connectivity index (χ1n) is 10.7. The summed E-state index contributed by atoms with van der Waals surface area (Å²) in [6.45, 7) is 1.16. The normalized spacial score (nSPS) is 12.7. The van der Waals surface area contributed by atoms with Crippen molar-refractivity contribution in [1.29, 1.82) is 0 Å². The molecule has 1 aromatic heterocycles. The molecule has 1 aliphatic heterocycles. The molecule has 6 nitrogen and oxygen atoms in total. The first-order chi connectivity index (χ1) is 16.4. The SMILES string of the molecule is O=C(O)c1ccccc1NCCc1cc(F)cc2c(=O)cc(N3Cc4ccc(F)cc4C3)oc12. The van der Waals surface area contributed by atoms with Crippen molar-refractivity contribution in [2.24, 2.45) is 0 Å². The van der Waals surface area contributed by atoms with Gasteiger partial charge < -0.3 is 19.7 Å². The average molecular weight is 462 g/mol. The largest absolute Gasteiger partial charge is 0.478 e. The first-order valence-corrected chi connectivity index (χ1v) is 10.7. The molecule has 172 valence electrons. The number of benzene rings is 3. The molecule has 0 amide bonds. The van der Waals surface area contributed by atoms with Crippen molar-refractivity contribution < 1.29 is 23.1 Å². The van der Waals surface area contributed by atoms with E-state index in [1.54, 1.807) is 24.3 Å². The molecule has 4 aromatic rings. The molecule has 0 spiro atoms.